The number of oxazole rings is 1. The first-order valence-corrected chi connectivity index (χ1v) is 7.48. The van der Waals surface area contributed by atoms with Gasteiger partial charge in [0, 0.05) is 19.2 Å². The molecule has 0 saturated heterocycles. The summed E-state index contributed by atoms with van der Waals surface area (Å²) in [4.78, 5) is 18.4. The highest BCUT2D eigenvalue weighted by Crippen LogP contribution is 2.21. The number of aromatic nitrogens is 1. The predicted molar refractivity (Wildman–Crippen MR) is 87.4 cm³/mol. The Bertz CT molecular complexity index is 632. The molecule has 0 spiro atoms. The van der Waals surface area contributed by atoms with Crippen LogP contribution in [0.2, 0.25) is 0 Å². The maximum Gasteiger partial charge on any atom is 0.228 e. The molecule has 1 heterocycles. The SMILES string of the molecule is C=CCCCN(C)C(=O)Cc1nc(-c2ccccc2)oc1C. The smallest absolute Gasteiger partial charge is 0.228 e. The number of unbranched alkanes of at least 4 members (excludes halogenated alkanes) is 1. The van der Waals surface area contributed by atoms with Crippen molar-refractivity contribution in [1.82, 2.24) is 9.88 Å². The number of aryl methyl sites for hydroxylation is 1. The molecular weight excluding hydrogens is 276 g/mol. The number of hydrogen-bond donors (Lipinski definition) is 0. The van der Waals surface area contributed by atoms with E-state index in [9.17, 15) is 4.79 Å². The van der Waals surface area contributed by atoms with Crippen LogP contribution in [0.5, 0.6) is 0 Å². The number of rotatable bonds is 7. The standard InChI is InChI=1S/C18H22N2O2/c1-4-5-9-12-20(3)17(21)13-16-14(2)22-18(19-16)15-10-7-6-8-11-15/h4,6-8,10-11H,1,5,9,12-13H2,2-3H3. The molecule has 2 rings (SSSR count). The normalized spacial score (nSPS) is 10.5. The van der Waals surface area contributed by atoms with Gasteiger partial charge in [-0.25, -0.2) is 4.98 Å². The lowest BCUT2D eigenvalue weighted by Gasteiger charge is -2.15. The number of amides is 1. The number of nitrogens with zero attached hydrogens (tertiary/aromatic N) is 2. The number of hydrogen-bond acceptors (Lipinski definition) is 3. The van der Waals surface area contributed by atoms with Crippen molar-refractivity contribution in [3.8, 4) is 11.5 Å². The Kier molecular flexibility index (Phi) is 5.53. The van der Waals surface area contributed by atoms with Gasteiger partial charge in [-0.3, -0.25) is 4.79 Å². The first-order chi connectivity index (χ1) is 10.6. The van der Waals surface area contributed by atoms with E-state index in [1.807, 2.05) is 50.4 Å². The summed E-state index contributed by atoms with van der Waals surface area (Å²) in [5.74, 6) is 1.32. The van der Waals surface area contributed by atoms with Gasteiger partial charge in [0.2, 0.25) is 11.8 Å². The van der Waals surface area contributed by atoms with Crippen molar-refractivity contribution in [3.63, 3.8) is 0 Å². The Morgan fingerprint density at radius 2 is 2.09 bits per heavy atom. The average molecular weight is 298 g/mol. The summed E-state index contributed by atoms with van der Waals surface area (Å²) in [6, 6.07) is 9.71. The number of allylic oxidation sites excluding steroid dienone is 1. The summed E-state index contributed by atoms with van der Waals surface area (Å²) in [7, 11) is 1.82. The summed E-state index contributed by atoms with van der Waals surface area (Å²) < 4.78 is 5.68. The van der Waals surface area contributed by atoms with Crippen molar-refractivity contribution in [1.29, 1.82) is 0 Å². The molecule has 0 saturated carbocycles. The molecule has 0 aliphatic heterocycles. The van der Waals surface area contributed by atoms with E-state index >= 15 is 0 Å². The lowest BCUT2D eigenvalue weighted by atomic mass is 10.2. The lowest BCUT2D eigenvalue weighted by molar-refractivity contribution is -0.129. The largest absolute Gasteiger partial charge is 0.441 e. The van der Waals surface area contributed by atoms with Gasteiger partial charge in [-0.2, -0.15) is 0 Å². The molecule has 0 atom stereocenters. The number of carbonyl (C=O) groups is 1. The Labute approximate surface area is 131 Å². The van der Waals surface area contributed by atoms with Crippen molar-refractivity contribution in [2.45, 2.75) is 26.2 Å². The van der Waals surface area contributed by atoms with Gasteiger partial charge in [0.1, 0.15) is 5.76 Å². The highest BCUT2D eigenvalue weighted by Gasteiger charge is 2.16. The van der Waals surface area contributed by atoms with E-state index in [1.54, 1.807) is 4.90 Å². The summed E-state index contributed by atoms with van der Waals surface area (Å²) in [5.41, 5.74) is 1.63. The van der Waals surface area contributed by atoms with Crippen LogP contribution in [-0.2, 0) is 11.2 Å². The quantitative estimate of drug-likeness (QED) is 0.579. The fraction of sp³-hybridized carbons (Fsp3) is 0.333. The molecule has 116 valence electrons. The summed E-state index contributed by atoms with van der Waals surface area (Å²) in [5, 5.41) is 0. The molecule has 0 bridgehead atoms. The van der Waals surface area contributed by atoms with Crippen LogP contribution in [-0.4, -0.2) is 29.4 Å². The third kappa shape index (κ3) is 4.07. The Balaban J connectivity index is 2.02. The van der Waals surface area contributed by atoms with E-state index in [2.05, 4.69) is 11.6 Å². The van der Waals surface area contributed by atoms with E-state index in [1.165, 1.54) is 0 Å². The summed E-state index contributed by atoms with van der Waals surface area (Å²) in [6.07, 6.45) is 3.98. The second-order valence-electron chi connectivity index (χ2n) is 5.31. The zero-order chi connectivity index (χ0) is 15.9. The molecule has 1 aromatic heterocycles. The maximum absolute atomic E-state index is 12.2. The molecule has 0 N–H and O–H groups in total. The number of likely N-dealkylation sites (N-methyl/N-ethyl adjacent to an activating group) is 1. The molecule has 22 heavy (non-hydrogen) atoms. The lowest BCUT2D eigenvalue weighted by Crippen LogP contribution is -2.29. The minimum Gasteiger partial charge on any atom is -0.441 e. The van der Waals surface area contributed by atoms with Crippen molar-refractivity contribution in [3.05, 3.63) is 54.4 Å². The van der Waals surface area contributed by atoms with Crippen LogP contribution in [0.15, 0.2) is 47.4 Å². The molecule has 0 aliphatic carbocycles. The second-order valence-corrected chi connectivity index (χ2v) is 5.31. The van der Waals surface area contributed by atoms with Gasteiger partial charge < -0.3 is 9.32 Å². The summed E-state index contributed by atoms with van der Waals surface area (Å²) >= 11 is 0. The molecule has 2 aromatic rings. The number of benzene rings is 1. The van der Waals surface area contributed by atoms with Crippen molar-refractivity contribution in [2.24, 2.45) is 0 Å². The second kappa shape index (κ2) is 7.59. The van der Waals surface area contributed by atoms with Crippen LogP contribution >= 0.6 is 0 Å². The topological polar surface area (TPSA) is 46.3 Å². The van der Waals surface area contributed by atoms with Crippen molar-refractivity contribution < 1.29 is 9.21 Å². The van der Waals surface area contributed by atoms with Gasteiger partial charge in [0.25, 0.3) is 0 Å². The van der Waals surface area contributed by atoms with E-state index < -0.39 is 0 Å². The van der Waals surface area contributed by atoms with Gasteiger partial charge in [-0.05, 0) is 31.9 Å². The minimum atomic E-state index is 0.0556. The molecule has 0 unspecified atom stereocenters. The zero-order valence-electron chi connectivity index (χ0n) is 13.2. The van der Waals surface area contributed by atoms with Crippen molar-refractivity contribution >= 4 is 5.91 Å². The van der Waals surface area contributed by atoms with E-state index in [4.69, 9.17) is 4.42 Å². The average Bonchev–Trinajstić information content (AvgIpc) is 2.89. The fourth-order valence-corrected chi connectivity index (χ4v) is 2.17. The Morgan fingerprint density at radius 1 is 1.36 bits per heavy atom. The molecule has 1 amide bonds. The first kappa shape index (κ1) is 16.0. The molecular formula is C18H22N2O2. The molecule has 4 heteroatoms. The van der Waals surface area contributed by atoms with E-state index in [0.29, 0.717) is 17.3 Å². The Hall–Kier alpha value is -2.36. The zero-order valence-corrected chi connectivity index (χ0v) is 13.2. The van der Waals surface area contributed by atoms with Crippen molar-refractivity contribution in [2.75, 3.05) is 13.6 Å². The molecule has 4 nitrogen and oxygen atoms in total. The monoisotopic (exact) mass is 298 g/mol. The van der Waals surface area contributed by atoms with Crippen LogP contribution < -0.4 is 0 Å². The van der Waals surface area contributed by atoms with Crippen LogP contribution in [0.25, 0.3) is 11.5 Å². The van der Waals surface area contributed by atoms with Gasteiger partial charge in [-0.15, -0.1) is 6.58 Å². The van der Waals surface area contributed by atoms with E-state index in [0.717, 1.165) is 24.9 Å². The maximum atomic E-state index is 12.2. The third-order valence-electron chi connectivity index (χ3n) is 3.56. The molecule has 1 aromatic carbocycles. The Morgan fingerprint density at radius 3 is 2.77 bits per heavy atom. The predicted octanol–water partition coefficient (Wildman–Crippen LogP) is 3.62. The fourth-order valence-electron chi connectivity index (χ4n) is 2.17. The van der Waals surface area contributed by atoms with Crippen LogP contribution in [0.1, 0.15) is 24.3 Å². The van der Waals surface area contributed by atoms with E-state index in [-0.39, 0.29) is 12.3 Å². The minimum absolute atomic E-state index is 0.0556. The molecule has 0 aliphatic rings. The van der Waals surface area contributed by atoms with Crippen LogP contribution in [0.3, 0.4) is 0 Å². The molecule has 0 radical (unpaired) electrons. The van der Waals surface area contributed by atoms with Gasteiger partial charge in [0.15, 0.2) is 0 Å². The third-order valence-corrected chi connectivity index (χ3v) is 3.56. The number of carbonyl (C=O) groups excluding carboxylic acids is 1. The molecule has 0 fully saturated rings. The van der Waals surface area contributed by atoms with Gasteiger partial charge in [-0.1, -0.05) is 24.3 Å². The van der Waals surface area contributed by atoms with Gasteiger partial charge >= 0.3 is 0 Å². The van der Waals surface area contributed by atoms with Crippen LogP contribution in [0, 0.1) is 6.92 Å². The summed E-state index contributed by atoms with van der Waals surface area (Å²) in [6.45, 7) is 6.26. The first-order valence-electron chi connectivity index (χ1n) is 7.48. The highest BCUT2D eigenvalue weighted by molar-refractivity contribution is 5.78. The van der Waals surface area contributed by atoms with Crippen LogP contribution in [0.4, 0.5) is 0 Å². The highest BCUT2D eigenvalue weighted by atomic mass is 16.4. The van der Waals surface area contributed by atoms with Gasteiger partial charge in [0.05, 0.1) is 12.1 Å².